The molecule has 0 heterocycles. The van der Waals surface area contributed by atoms with E-state index in [-0.39, 0.29) is 28.1 Å². The second-order valence-corrected chi connectivity index (χ2v) is 4.27. The molecule has 2 aliphatic carbocycles. The van der Waals surface area contributed by atoms with Crippen LogP contribution in [-0.4, -0.2) is 15.6 Å². The van der Waals surface area contributed by atoms with Gasteiger partial charge in [0.25, 0.3) is 11.4 Å². The van der Waals surface area contributed by atoms with Crippen LogP contribution in [0.2, 0.25) is 0 Å². The Bertz CT molecular complexity index is 786. The number of ketones is 1. The Hall–Kier alpha value is -3.09. The number of nitrogens with zero attached hydrogens (tertiary/aromatic N) is 2. The largest absolute Gasteiger partial charge is 0.289 e. The van der Waals surface area contributed by atoms with Crippen LogP contribution < -0.4 is 0 Å². The van der Waals surface area contributed by atoms with Crippen LogP contribution >= 0.6 is 0 Å². The summed E-state index contributed by atoms with van der Waals surface area (Å²) in [6, 6.07) is 4.34. The molecule has 2 aliphatic rings. The van der Waals surface area contributed by atoms with Gasteiger partial charge >= 0.3 is 0 Å². The topological polar surface area (TPSA) is 103 Å². The van der Waals surface area contributed by atoms with Gasteiger partial charge in [0, 0.05) is 17.7 Å². The first-order valence-electron chi connectivity index (χ1n) is 5.61. The number of nitro groups is 2. The zero-order valence-electron chi connectivity index (χ0n) is 9.90. The van der Waals surface area contributed by atoms with Crippen molar-refractivity contribution in [3.8, 4) is 0 Å². The summed E-state index contributed by atoms with van der Waals surface area (Å²) in [5.41, 5.74) is 0.195. The molecule has 0 saturated carbocycles. The molecule has 7 heteroatoms. The summed E-state index contributed by atoms with van der Waals surface area (Å²) < 4.78 is 0. The van der Waals surface area contributed by atoms with Gasteiger partial charge in [-0.05, 0) is 17.7 Å². The third-order valence-corrected chi connectivity index (χ3v) is 3.20. The van der Waals surface area contributed by atoms with Crippen LogP contribution in [0.25, 0.3) is 11.6 Å². The van der Waals surface area contributed by atoms with Crippen molar-refractivity contribution >= 4 is 23.1 Å². The number of fused-ring (bicyclic) bond motifs is 3. The zero-order valence-corrected chi connectivity index (χ0v) is 9.90. The fourth-order valence-corrected chi connectivity index (χ4v) is 2.40. The monoisotopic (exact) mass is 270 g/mol. The van der Waals surface area contributed by atoms with Crippen LogP contribution in [0.1, 0.15) is 11.1 Å². The van der Waals surface area contributed by atoms with Crippen molar-refractivity contribution in [1.29, 1.82) is 0 Å². The Morgan fingerprint density at radius 3 is 2.40 bits per heavy atom. The van der Waals surface area contributed by atoms with Crippen molar-refractivity contribution in [1.82, 2.24) is 0 Å². The highest BCUT2D eigenvalue weighted by atomic mass is 16.6. The quantitative estimate of drug-likeness (QED) is 0.604. The number of allylic oxidation sites excluding steroid dienone is 4. The molecule has 0 saturated heterocycles. The molecule has 7 nitrogen and oxygen atoms in total. The smallest absolute Gasteiger partial charge is 0.278 e. The van der Waals surface area contributed by atoms with Crippen LogP contribution in [0, 0.1) is 20.2 Å². The zero-order chi connectivity index (χ0) is 14.4. The van der Waals surface area contributed by atoms with Crippen LogP contribution in [0.4, 0.5) is 5.69 Å². The molecule has 20 heavy (non-hydrogen) atoms. The third-order valence-electron chi connectivity index (χ3n) is 3.20. The van der Waals surface area contributed by atoms with E-state index in [1.807, 2.05) is 0 Å². The molecule has 0 N–H and O–H groups in total. The second-order valence-electron chi connectivity index (χ2n) is 4.27. The highest BCUT2D eigenvalue weighted by Crippen LogP contribution is 2.44. The molecule has 1 aromatic carbocycles. The van der Waals surface area contributed by atoms with Gasteiger partial charge in [-0.25, -0.2) is 0 Å². The van der Waals surface area contributed by atoms with E-state index in [0.29, 0.717) is 5.56 Å². The lowest BCUT2D eigenvalue weighted by atomic mass is 9.93. The molecule has 0 spiro atoms. The lowest BCUT2D eigenvalue weighted by Crippen LogP contribution is -2.11. The van der Waals surface area contributed by atoms with Gasteiger partial charge in [0.1, 0.15) is 0 Å². The standard InChI is InChI=1S/C13H6N2O5/c16-11-5-4-10(15(19)20)13-8(11)6-7-2-1-3-9(12(7)13)14(17)18/h1-6H. The van der Waals surface area contributed by atoms with Crippen LogP contribution in [-0.2, 0) is 4.79 Å². The first-order valence-corrected chi connectivity index (χ1v) is 5.61. The van der Waals surface area contributed by atoms with Crippen LogP contribution in [0.5, 0.6) is 0 Å². The van der Waals surface area contributed by atoms with Gasteiger partial charge in [-0.2, -0.15) is 0 Å². The maximum Gasteiger partial charge on any atom is 0.278 e. The summed E-state index contributed by atoms with van der Waals surface area (Å²) >= 11 is 0. The molecule has 1 aromatic rings. The summed E-state index contributed by atoms with van der Waals surface area (Å²) in [4.78, 5) is 32.7. The van der Waals surface area contributed by atoms with Crippen molar-refractivity contribution in [3.63, 3.8) is 0 Å². The summed E-state index contributed by atoms with van der Waals surface area (Å²) in [5.74, 6) is -0.393. The average Bonchev–Trinajstić information content (AvgIpc) is 2.78. The van der Waals surface area contributed by atoms with E-state index in [9.17, 15) is 25.0 Å². The molecule has 3 rings (SSSR count). The SMILES string of the molecule is O=C1C=CC([N+](=O)[O-])=C2C1=Cc1cccc([N+](=O)[O-])c12. The number of rotatable bonds is 2. The first kappa shape index (κ1) is 12.0. The molecular formula is C13H6N2O5. The van der Waals surface area contributed by atoms with Crippen molar-refractivity contribution < 1.29 is 14.6 Å². The van der Waals surface area contributed by atoms with Crippen molar-refractivity contribution in [2.75, 3.05) is 0 Å². The molecule has 0 radical (unpaired) electrons. The number of hydrogen-bond acceptors (Lipinski definition) is 5. The van der Waals surface area contributed by atoms with Crippen molar-refractivity contribution in [2.24, 2.45) is 0 Å². The number of hydrogen-bond donors (Lipinski definition) is 0. The minimum Gasteiger partial charge on any atom is -0.289 e. The van der Waals surface area contributed by atoms with Crippen LogP contribution in [0.15, 0.2) is 41.6 Å². The highest BCUT2D eigenvalue weighted by molar-refractivity contribution is 6.24. The average molecular weight is 270 g/mol. The lowest BCUT2D eigenvalue weighted by molar-refractivity contribution is -0.418. The van der Waals surface area contributed by atoms with E-state index >= 15 is 0 Å². The third kappa shape index (κ3) is 1.50. The fraction of sp³-hybridized carbons (Fsp3) is 0. The Morgan fingerprint density at radius 2 is 1.75 bits per heavy atom. The van der Waals surface area contributed by atoms with Gasteiger partial charge in [0.05, 0.1) is 21.0 Å². The Labute approximate surface area is 111 Å². The Morgan fingerprint density at radius 1 is 1.00 bits per heavy atom. The van der Waals surface area contributed by atoms with Crippen LogP contribution in [0.3, 0.4) is 0 Å². The van der Waals surface area contributed by atoms with Gasteiger partial charge in [-0.3, -0.25) is 25.0 Å². The lowest BCUT2D eigenvalue weighted by Gasteiger charge is -2.09. The normalized spacial score (nSPS) is 15.8. The number of carbonyl (C=O) groups excluding carboxylic acids is 1. The van der Waals surface area contributed by atoms with E-state index in [2.05, 4.69) is 0 Å². The second kappa shape index (κ2) is 3.95. The Balaban J connectivity index is 2.39. The minimum absolute atomic E-state index is 0.0322. The van der Waals surface area contributed by atoms with Gasteiger partial charge < -0.3 is 0 Å². The fourth-order valence-electron chi connectivity index (χ4n) is 2.40. The first-order chi connectivity index (χ1) is 9.50. The molecule has 0 aromatic heterocycles. The molecule has 98 valence electrons. The molecule has 0 fully saturated rings. The predicted octanol–water partition coefficient (Wildman–Crippen LogP) is 2.12. The molecule has 0 aliphatic heterocycles. The van der Waals surface area contributed by atoms with Crippen molar-refractivity contribution in [2.45, 2.75) is 0 Å². The highest BCUT2D eigenvalue weighted by Gasteiger charge is 2.37. The summed E-state index contributed by atoms with van der Waals surface area (Å²) in [7, 11) is 0. The van der Waals surface area contributed by atoms with Crippen molar-refractivity contribution in [3.05, 3.63) is 73.0 Å². The minimum atomic E-state index is -0.641. The van der Waals surface area contributed by atoms with Gasteiger partial charge in [0.2, 0.25) is 0 Å². The summed E-state index contributed by atoms with van der Waals surface area (Å²) in [6.45, 7) is 0. The summed E-state index contributed by atoms with van der Waals surface area (Å²) in [6.07, 6.45) is 3.64. The summed E-state index contributed by atoms with van der Waals surface area (Å²) in [5, 5.41) is 22.2. The maximum atomic E-state index is 11.8. The van der Waals surface area contributed by atoms with Gasteiger partial charge in [-0.1, -0.05) is 12.1 Å². The van der Waals surface area contributed by atoms with E-state index in [1.54, 1.807) is 6.07 Å². The van der Waals surface area contributed by atoms with Gasteiger partial charge in [-0.15, -0.1) is 0 Å². The van der Waals surface area contributed by atoms with E-state index < -0.39 is 15.6 Å². The number of benzene rings is 1. The van der Waals surface area contributed by atoms with E-state index in [4.69, 9.17) is 0 Å². The predicted molar refractivity (Wildman–Crippen MR) is 69.1 cm³/mol. The molecule has 0 amide bonds. The number of nitro benzene ring substituents is 1. The van der Waals surface area contributed by atoms with E-state index in [1.165, 1.54) is 18.2 Å². The number of carbonyl (C=O) groups is 1. The Kier molecular flexibility index (Phi) is 2.37. The molecular weight excluding hydrogens is 264 g/mol. The molecule has 0 atom stereocenters. The maximum absolute atomic E-state index is 11.8. The molecule has 0 bridgehead atoms. The van der Waals surface area contributed by atoms with E-state index in [0.717, 1.165) is 12.2 Å². The molecule has 0 unspecified atom stereocenters. The van der Waals surface area contributed by atoms with Gasteiger partial charge in [0.15, 0.2) is 5.78 Å².